The standard InChI is InChI=1S/C21H25N5OS.ClH/c27-21(18-9-13-26(24-18)16-4-3-10-22-14-16)25-11-7-15(8-12-25)20-23-17-5-1-2-6-19(17)28-20;/h1-2,5-6,9,13,15-16,22H,3-4,7-8,10-12,14H2;1H. The smallest absolute Gasteiger partial charge is 0.274 e. The molecule has 3 aromatic rings. The normalized spacial score (nSPS) is 20.6. The molecule has 1 unspecified atom stereocenters. The van der Waals surface area contributed by atoms with Gasteiger partial charge >= 0.3 is 0 Å². The van der Waals surface area contributed by atoms with Crippen LogP contribution in [0.2, 0.25) is 0 Å². The highest BCUT2D eigenvalue weighted by Crippen LogP contribution is 2.34. The Labute approximate surface area is 180 Å². The molecule has 5 rings (SSSR count). The van der Waals surface area contributed by atoms with Gasteiger partial charge in [-0.25, -0.2) is 4.98 Å². The van der Waals surface area contributed by atoms with E-state index in [-0.39, 0.29) is 18.3 Å². The number of halogens is 1. The van der Waals surface area contributed by atoms with Gasteiger partial charge in [-0.1, -0.05) is 12.1 Å². The molecule has 0 saturated carbocycles. The number of carbonyl (C=O) groups excluding carboxylic acids is 1. The first kappa shape index (κ1) is 20.3. The molecule has 2 saturated heterocycles. The first-order chi connectivity index (χ1) is 13.8. The molecule has 1 amide bonds. The molecule has 2 aliphatic heterocycles. The molecule has 4 heterocycles. The van der Waals surface area contributed by atoms with Crippen LogP contribution in [0.3, 0.4) is 0 Å². The molecular weight excluding hydrogens is 406 g/mol. The molecule has 154 valence electrons. The predicted octanol–water partition coefficient (Wildman–Crippen LogP) is 3.86. The zero-order valence-electron chi connectivity index (χ0n) is 16.3. The number of fused-ring (bicyclic) bond motifs is 1. The number of nitrogens with zero attached hydrogens (tertiary/aromatic N) is 4. The highest BCUT2D eigenvalue weighted by Gasteiger charge is 2.28. The molecule has 2 aromatic heterocycles. The van der Waals surface area contributed by atoms with E-state index < -0.39 is 0 Å². The van der Waals surface area contributed by atoms with Gasteiger partial charge in [0.2, 0.25) is 0 Å². The van der Waals surface area contributed by atoms with E-state index in [0.29, 0.717) is 17.7 Å². The second-order valence-corrected chi connectivity index (χ2v) is 8.83. The van der Waals surface area contributed by atoms with E-state index in [9.17, 15) is 4.79 Å². The number of piperidine rings is 2. The molecular formula is C21H26ClN5OS. The minimum Gasteiger partial charge on any atom is -0.337 e. The molecule has 1 atom stereocenters. The van der Waals surface area contributed by atoms with Crippen molar-refractivity contribution in [3.63, 3.8) is 0 Å². The topological polar surface area (TPSA) is 63.1 Å². The molecule has 0 bridgehead atoms. The van der Waals surface area contributed by atoms with Gasteiger partial charge in [0, 0.05) is 31.7 Å². The highest BCUT2D eigenvalue weighted by atomic mass is 35.5. The van der Waals surface area contributed by atoms with E-state index in [2.05, 4.69) is 28.6 Å². The number of benzene rings is 1. The summed E-state index contributed by atoms with van der Waals surface area (Å²) in [5.74, 6) is 0.512. The van der Waals surface area contributed by atoms with Crippen molar-refractivity contribution in [1.82, 2.24) is 25.0 Å². The quantitative estimate of drug-likeness (QED) is 0.684. The van der Waals surface area contributed by atoms with E-state index in [1.807, 2.05) is 27.9 Å². The van der Waals surface area contributed by atoms with Crippen LogP contribution in [0, 0.1) is 0 Å². The lowest BCUT2D eigenvalue weighted by molar-refractivity contribution is 0.0705. The van der Waals surface area contributed by atoms with Crippen LogP contribution in [0.25, 0.3) is 10.2 Å². The number of likely N-dealkylation sites (tertiary alicyclic amines) is 1. The maximum absolute atomic E-state index is 12.9. The van der Waals surface area contributed by atoms with E-state index in [0.717, 1.165) is 57.4 Å². The van der Waals surface area contributed by atoms with Gasteiger partial charge in [0.05, 0.1) is 21.3 Å². The highest BCUT2D eigenvalue weighted by molar-refractivity contribution is 7.18. The van der Waals surface area contributed by atoms with Crippen LogP contribution in [-0.4, -0.2) is 51.8 Å². The lowest BCUT2D eigenvalue weighted by atomic mass is 9.97. The third kappa shape index (κ3) is 4.17. The summed E-state index contributed by atoms with van der Waals surface area (Å²) in [6.45, 7) is 3.56. The fourth-order valence-electron chi connectivity index (χ4n) is 4.27. The summed E-state index contributed by atoms with van der Waals surface area (Å²) in [5, 5.41) is 9.20. The van der Waals surface area contributed by atoms with Gasteiger partial charge in [-0.3, -0.25) is 9.48 Å². The van der Waals surface area contributed by atoms with Gasteiger partial charge in [-0.05, 0) is 50.4 Å². The fourth-order valence-corrected chi connectivity index (χ4v) is 5.41. The first-order valence-electron chi connectivity index (χ1n) is 10.2. The van der Waals surface area contributed by atoms with Crippen molar-refractivity contribution < 1.29 is 4.79 Å². The van der Waals surface area contributed by atoms with E-state index in [4.69, 9.17) is 4.98 Å². The maximum atomic E-state index is 12.9. The van der Waals surface area contributed by atoms with Crippen LogP contribution >= 0.6 is 23.7 Å². The number of rotatable bonds is 3. The van der Waals surface area contributed by atoms with Crippen molar-refractivity contribution in [3.8, 4) is 0 Å². The van der Waals surface area contributed by atoms with Gasteiger partial charge in [0.25, 0.3) is 5.91 Å². The second-order valence-electron chi connectivity index (χ2n) is 7.77. The summed E-state index contributed by atoms with van der Waals surface area (Å²) in [6, 6.07) is 10.5. The summed E-state index contributed by atoms with van der Waals surface area (Å²) in [7, 11) is 0. The van der Waals surface area contributed by atoms with E-state index in [1.54, 1.807) is 11.3 Å². The van der Waals surface area contributed by atoms with Crippen LogP contribution < -0.4 is 5.32 Å². The maximum Gasteiger partial charge on any atom is 0.274 e. The Hall–Kier alpha value is -1.96. The number of hydrogen-bond acceptors (Lipinski definition) is 5. The number of nitrogens with one attached hydrogen (secondary N) is 1. The summed E-state index contributed by atoms with van der Waals surface area (Å²) < 4.78 is 3.21. The lowest BCUT2D eigenvalue weighted by Crippen LogP contribution is -2.38. The molecule has 1 aromatic carbocycles. The van der Waals surface area contributed by atoms with Crippen LogP contribution in [-0.2, 0) is 0 Å². The lowest BCUT2D eigenvalue weighted by Gasteiger charge is -2.30. The Bertz CT molecular complexity index is 939. The Morgan fingerprint density at radius 1 is 1.14 bits per heavy atom. The van der Waals surface area contributed by atoms with Gasteiger partial charge in [0.15, 0.2) is 0 Å². The van der Waals surface area contributed by atoms with Crippen molar-refractivity contribution in [1.29, 1.82) is 0 Å². The summed E-state index contributed by atoms with van der Waals surface area (Å²) in [6.07, 6.45) is 6.18. The number of carbonyl (C=O) groups is 1. The van der Waals surface area contributed by atoms with Crippen molar-refractivity contribution in [2.45, 2.75) is 37.6 Å². The summed E-state index contributed by atoms with van der Waals surface area (Å²) in [5.41, 5.74) is 1.66. The predicted molar refractivity (Wildman–Crippen MR) is 118 cm³/mol. The minimum absolute atomic E-state index is 0. The average Bonchev–Trinajstić information content (AvgIpc) is 3.41. The average molecular weight is 432 g/mol. The largest absolute Gasteiger partial charge is 0.337 e. The summed E-state index contributed by atoms with van der Waals surface area (Å²) in [4.78, 5) is 19.7. The third-order valence-corrected chi connectivity index (χ3v) is 7.11. The van der Waals surface area contributed by atoms with Crippen LogP contribution in [0.4, 0.5) is 0 Å². The number of thiazole rings is 1. The zero-order chi connectivity index (χ0) is 18.9. The van der Waals surface area contributed by atoms with Crippen molar-refractivity contribution in [2.75, 3.05) is 26.2 Å². The van der Waals surface area contributed by atoms with E-state index >= 15 is 0 Å². The number of aromatic nitrogens is 3. The Balaban J connectivity index is 0.00000205. The Morgan fingerprint density at radius 3 is 2.72 bits per heavy atom. The Morgan fingerprint density at radius 2 is 1.97 bits per heavy atom. The molecule has 1 N–H and O–H groups in total. The minimum atomic E-state index is 0. The third-order valence-electron chi connectivity index (χ3n) is 5.91. The zero-order valence-corrected chi connectivity index (χ0v) is 17.9. The molecule has 0 aliphatic carbocycles. The molecule has 29 heavy (non-hydrogen) atoms. The van der Waals surface area contributed by atoms with Gasteiger partial charge in [-0.15, -0.1) is 23.7 Å². The fraction of sp³-hybridized carbons (Fsp3) is 0.476. The summed E-state index contributed by atoms with van der Waals surface area (Å²) >= 11 is 1.79. The number of hydrogen-bond donors (Lipinski definition) is 1. The van der Waals surface area contributed by atoms with Gasteiger partial charge in [0.1, 0.15) is 5.69 Å². The van der Waals surface area contributed by atoms with Crippen LogP contribution in [0.5, 0.6) is 0 Å². The van der Waals surface area contributed by atoms with Gasteiger partial charge < -0.3 is 10.2 Å². The molecule has 8 heteroatoms. The van der Waals surface area contributed by atoms with Gasteiger partial charge in [-0.2, -0.15) is 5.10 Å². The molecule has 2 aliphatic rings. The van der Waals surface area contributed by atoms with Crippen LogP contribution in [0.15, 0.2) is 36.5 Å². The Kier molecular flexibility index (Phi) is 6.18. The van der Waals surface area contributed by atoms with Crippen molar-refractivity contribution in [2.24, 2.45) is 0 Å². The molecule has 6 nitrogen and oxygen atoms in total. The monoisotopic (exact) mass is 431 g/mol. The molecule has 0 radical (unpaired) electrons. The first-order valence-corrected chi connectivity index (χ1v) is 11.0. The van der Waals surface area contributed by atoms with Crippen molar-refractivity contribution in [3.05, 3.63) is 47.2 Å². The van der Waals surface area contributed by atoms with E-state index in [1.165, 1.54) is 9.71 Å². The second kappa shape index (κ2) is 8.81. The SMILES string of the molecule is Cl.O=C(c1ccn(C2CCCNC2)n1)N1CCC(c2nc3ccccc3s2)CC1. The molecule has 0 spiro atoms. The van der Waals surface area contributed by atoms with Crippen molar-refractivity contribution >= 4 is 39.9 Å². The number of para-hydroxylation sites is 1. The number of amides is 1. The van der Waals surface area contributed by atoms with Crippen LogP contribution in [0.1, 0.15) is 53.1 Å². The molecule has 2 fully saturated rings.